The first-order valence-electron chi connectivity index (χ1n) is 19.8. The topological polar surface area (TPSA) is 8.17 Å². The van der Waals surface area contributed by atoms with Gasteiger partial charge in [-0.3, -0.25) is 0 Å². The molecule has 1 aliphatic carbocycles. The third-order valence-corrected chi connectivity index (χ3v) is 18.4. The van der Waals surface area contributed by atoms with E-state index in [0.717, 1.165) is 0 Å². The Balaban J connectivity index is 1.29. The van der Waals surface area contributed by atoms with E-state index in [9.17, 15) is 0 Å². The van der Waals surface area contributed by atoms with Crippen LogP contribution in [0.2, 0.25) is 0 Å². The molecular formula is C51H41BN2Si. The van der Waals surface area contributed by atoms with Crippen molar-refractivity contribution in [2.24, 2.45) is 0 Å². The Morgan fingerprint density at radius 2 is 1.22 bits per heavy atom. The quantitative estimate of drug-likeness (QED) is 0.163. The largest absolute Gasteiger partial charge is 0.378 e. The van der Waals surface area contributed by atoms with Gasteiger partial charge in [-0.15, -0.1) is 0 Å². The Hall–Kier alpha value is -5.84. The smallest absolute Gasteiger partial charge is 0.332 e. The molecule has 3 aliphatic heterocycles. The monoisotopic (exact) mass is 720 g/mol. The number of nitrogens with zero attached hydrogens (tertiary/aromatic N) is 2. The van der Waals surface area contributed by atoms with Gasteiger partial charge in [0.15, 0.2) is 8.07 Å². The van der Waals surface area contributed by atoms with E-state index in [2.05, 4.69) is 202 Å². The Bertz CT molecular complexity index is 2910. The molecule has 0 unspecified atom stereocenters. The zero-order valence-electron chi connectivity index (χ0n) is 32.0. The fourth-order valence-electron chi connectivity index (χ4n) is 11.3. The Morgan fingerprint density at radius 1 is 0.582 bits per heavy atom. The molecule has 55 heavy (non-hydrogen) atoms. The Morgan fingerprint density at radius 3 is 1.96 bits per heavy atom. The normalized spacial score (nSPS) is 15.9. The molecular weight excluding hydrogens is 679 g/mol. The van der Waals surface area contributed by atoms with Crippen LogP contribution in [0.5, 0.6) is 0 Å². The molecule has 12 rings (SSSR count). The molecule has 262 valence electrons. The molecule has 8 aromatic rings. The zero-order chi connectivity index (χ0) is 37.0. The fourth-order valence-corrected chi connectivity index (χ4v) is 16.4. The van der Waals surface area contributed by atoms with Gasteiger partial charge in [-0.1, -0.05) is 180 Å². The molecule has 0 saturated heterocycles. The minimum atomic E-state index is -2.81. The summed E-state index contributed by atoms with van der Waals surface area (Å²) in [6, 6.07) is 60.9. The lowest BCUT2D eigenvalue weighted by atomic mass is 9.44. The van der Waals surface area contributed by atoms with E-state index in [1.165, 1.54) is 98.7 Å². The van der Waals surface area contributed by atoms with Gasteiger partial charge in [0.2, 0.25) is 0 Å². The van der Waals surface area contributed by atoms with Gasteiger partial charge in [0.1, 0.15) is 0 Å². The maximum Gasteiger partial charge on any atom is 0.332 e. The van der Waals surface area contributed by atoms with Gasteiger partial charge < -0.3 is 9.38 Å². The molecule has 0 bridgehead atoms. The summed E-state index contributed by atoms with van der Waals surface area (Å²) < 4.78 is 2.81. The third kappa shape index (κ3) is 3.72. The summed E-state index contributed by atoms with van der Waals surface area (Å²) in [5.74, 6) is 0. The molecule has 0 radical (unpaired) electrons. The van der Waals surface area contributed by atoms with Crippen molar-refractivity contribution in [3.63, 3.8) is 0 Å². The van der Waals surface area contributed by atoms with Crippen LogP contribution >= 0.6 is 0 Å². The molecule has 0 saturated carbocycles. The average Bonchev–Trinajstić information content (AvgIpc) is 3.68. The highest BCUT2D eigenvalue weighted by Crippen LogP contribution is 2.56. The Labute approximate surface area is 324 Å². The number of hydrogen-bond donors (Lipinski definition) is 0. The zero-order valence-corrected chi connectivity index (χ0v) is 33.0. The summed E-state index contributed by atoms with van der Waals surface area (Å²) in [5, 5.41) is 7.13. The molecule has 0 atom stereocenters. The molecule has 7 aromatic carbocycles. The van der Waals surface area contributed by atoms with Crippen LogP contribution in [0, 0.1) is 0 Å². The fraction of sp³-hybridized carbons (Fsp3) is 0.137. The van der Waals surface area contributed by atoms with Crippen molar-refractivity contribution in [3.8, 4) is 22.3 Å². The first-order chi connectivity index (χ1) is 26.7. The molecule has 0 amide bonds. The van der Waals surface area contributed by atoms with Crippen LogP contribution < -0.4 is 36.6 Å². The predicted molar refractivity (Wildman–Crippen MR) is 236 cm³/mol. The molecule has 4 heteroatoms. The second-order valence-corrected chi connectivity index (χ2v) is 21.4. The van der Waals surface area contributed by atoms with Crippen molar-refractivity contribution >= 4 is 74.6 Å². The highest BCUT2D eigenvalue weighted by molar-refractivity contribution is 7.21. The molecule has 4 aliphatic rings. The molecule has 0 spiro atoms. The molecule has 0 fully saturated rings. The maximum atomic E-state index is 2.81. The van der Waals surface area contributed by atoms with Crippen molar-refractivity contribution in [2.75, 3.05) is 4.90 Å². The summed E-state index contributed by atoms with van der Waals surface area (Å²) in [6.07, 6.45) is 0. The van der Waals surface area contributed by atoms with Crippen molar-refractivity contribution in [3.05, 3.63) is 175 Å². The standard InChI is InChI=1S/C51H41BN2Si/c1-50(2,3)32-30-38-35-23-16-24-37-45-36-22-12-13-25-39(36)51(4,5)49(45)54(47(35)37)52-40-26-17-29-44-48(40)53(42(31-32)46(38)52)41-27-14-15-28-43(41)55(44,33-18-8-6-9-19-33)34-20-10-7-11-21-34/h6-31H,1-5H3. The van der Waals surface area contributed by atoms with E-state index in [-0.39, 0.29) is 17.7 Å². The van der Waals surface area contributed by atoms with Crippen molar-refractivity contribution in [2.45, 2.75) is 45.4 Å². The van der Waals surface area contributed by atoms with E-state index in [1.54, 1.807) is 0 Å². The third-order valence-electron chi connectivity index (χ3n) is 13.5. The van der Waals surface area contributed by atoms with Crippen molar-refractivity contribution in [1.82, 2.24) is 4.48 Å². The van der Waals surface area contributed by atoms with Crippen molar-refractivity contribution < 1.29 is 0 Å². The second kappa shape index (κ2) is 10.5. The molecule has 2 nitrogen and oxygen atoms in total. The number of hydrogen-bond acceptors (Lipinski definition) is 1. The molecule has 4 heterocycles. The molecule has 1 aromatic heterocycles. The van der Waals surface area contributed by atoms with Crippen LogP contribution in [0.1, 0.15) is 51.4 Å². The lowest BCUT2D eigenvalue weighted by Crippen LogP contribution is -2.78. The number of benzene rings is 7. The summed E-state index contributed by atoms with van der Waals surface area (Å²) >= 11 is 0. The second-order valence-electron chi connectivity index (χ2n) is 17.7. The highest BCUT2D eigenvalue weighted by atomic mass is 28.3. The van der Waals surface area contributed by atoms with Crippen LogP contribution in [0.25, 0.3) is 33.2 Å². The van der Waals surface area contributed by atoms with Crippen LogP contribution in [-0.4, -0.2) is 19.4 Å². The average molecular weight is 721 g/mol. The first kappa shape index (κ1) is 31.5. The number of para-hydroxylation sites is 3. The van der Waals surface area contributed by atoms with Crippen LogP contribution in [0.3, 0.4) is 0 Å². The van der Waals surface area contributed by atoms with Gasteiger partial charge in [0, 0.05) is 50.2 Å². The van der Waals surface area contributed by atoms with Gasteiger partial charge >= 0.3 is 6.85 Å². The van der Waals surface area contributed by atoms with Crippen LogP contribution in [-0.2, 0) is 10.8 Å². The lowest BCUT2D eigenvalue weighted by molar-refractivity contribution is 0.590. The summed E-state index contributed by atoms with van der Waals surface area (Å²) in [5.41, 5.74) is 17.7. The van der Waals surface area contributed by atoms with Crippen LogP contribution in [0.4, 0.5) is 17.1 Å². The first-order valence-corrected chi connectivity index (χ1v) is 21.8. The lowest BCUT2D eigenvalue weighted by Gasteiger charge is -2.50. The van der Waals surface area contributed by atoms with Gasteiger partial charge in [-0.25, -0.2) is 0 Å². The predicted octanol–water partition coefficient (Wildman–Crippen LogP) is 8.35. The Kier molecular flexibility index (Phi) is 6.00. The summed E-state index contributed by atoms with van der Waals surface area (Å²) in [7, 11) is -2.81. The summed E-state index contributed by atoms with van der Waals surface area (Å²) in [6.45, 7) is 12.0. The summed E-state index contributed by atoms with van der Waals surface area (Å²) in [4.78, 5) is 2.69. The SMILES string of the molecule is CC(C)(C)c1cc2c3c(c1)N1c4ccccc4[Si](c4ccccc4)(c4ccccc4)c4cccc(c41)B3n1c3c(c4cccc-2c41)-c1ccccc1C3(C)C. The van der Waals surface area contributed by atoms with E-state index in [4.69, 9.17) is 0 Å². The number of rotatable bonds is 2. The van der Waals surface area contributed by atoms with E-state index in [1.807, 2.05) is 0 Å². The number of anilines is 3. The van der Waals surface area contributed by atoms with Crippen molar-refractivity contribution in [1.29, 1.82) is 0 Å². The minimum absolute atomic E-state index is 0.0171. The number of fused-ring (bicyclic) bond motifs is 11. The van der Waals surface area contributed by atoms with E-state index in [0.29, 0.717) is 0 Å². The van der Waals surface area contributed by atoms with Gasteiger partial charge in [-0.05, 0) is 71.5 Å². The van der Waals surface area contributed by atoms with E-state index >= 15 is 0 Å². The van der Waals surface area contributed by atoms with Gasteiger partial charge in [-0.2, -0.15) is 0 Å². The van der Waals surface area contributed by atoms with Crippen LogP contribution in [0.15, 0.2) is 158 Å². The molecule has 0 N–H and O–H groups in total. The van der Waals surface area contributed by atoms with Gasteiger partial charge in [0.05, 0.1) is 0 Å². The maximum absolute atomic E-state index is 2.81. The highest BCUT2D eigenvalue weighted by Gasteiger charge is 2.55. The van der Waals surface area contributed by atoms with Gasteiger partial charge in [0.25, 0.3) is 0 Å². The minimum Gasteiger partial charge on any atom is -0.378 e. The number of aromatic nitrogens is 1. The van der Waals surface area contributed by atoms with E-state index < -0.39 is 8.07 Å².